The van der Waals surface area contributed by atoms with E-state index in [0.29, 0.717) is 25.4 Å². The number of amides is 2. The number of nitrogens with zero attached hydrogens (tertiary/aromatic N) is 1. The Hall–Kier alpha value is -2.76. The number of likely N-dealkylation sites (tertiary alicyclic amines) is 1. The van der Waals surface area contributed by atoms with Gasteiger partial charge >= 0.3 is 0 Å². The molecule has 0 bridgehead atoms. The van der Waals surface area contributed by atoms with Crippen molar-refractivity contribution >= 4 is 11.8 Å². The monoisotopic (exact) mass is 356 g/mol. The zero-order chi connectivity index (χ0) is 18.5. The summed E-state index contributed by atoms with van der Waals surface area (Å²) in [6.45, 7) is 3.52. The molecule has 1 fully saturated rings. The van der Waals surface area contributed by atoms with Gasteiger partial charge in [0, 0.05) is 25.6 Å². The maximum Gasteiger partial charge on any atom is 0.289 e. The van der Waals surface area contributed by atoms with Crippen molar-refractivity contribution in [3.05, 3.63) is 54.0 Å². The Morgan fingerprint density at radius 2 is 2.00 bits per heavy atom. The highest BCUT2D eigenvalue weighted by atomic mass is 16.5. The minimum absolute atomic E-state index is 0.0117. The molecule has 0 aliphatic carbocycles. The summed E-state index contributed by atoms with van der Waals surface area (Å²) in [6, 6.07) is 11.0. The molecule has 6 heteroatoms. The Balaban J connectivity index is 1.82. The van der Waals surface area contributed by atoms with Gasteiger partial charge in [0.2, 0.25) is 5.91 Å². The number of ether oxygens (including phenoxy) is 1. The molecule has 2 unspecified atom stereocenters. The highest BCUT2D eigenvalue weighted by molar-refractivity contribution is 5.92. The second-order valence-electron chi connectivity index (χ2n) is 6.46. The van der Waals surface area contributed by atoms with E-state index in [0.717, 1.165) is 17.7 Å². The van der Waals surface area contributed by atoms with Gasteiger partial charge in [0.05, 0.1) is 19.3 Å². The molecule has 1 aromatic heterocycles. The molecule has 1 aromatic carbocycles. The molecule has 26 heavy (non-hydrogen) atoms. The molecule has 138 valence electrons. The number of rotatable bonds is 6. The van der Waals surface area contributed by atoms with Crippen LogP contribution in [0.15, 0.2) is 47.1 Å². The summed E-state index contributed by atoms with van der Waals surface area (Å²) < 4.78 is 10.4. The highest BCUT2D eigenvalue weighted by Crippen LogP contribution is 2.34. The lowest BCUT2D eigenvalue weighted by atomic mass is 9.88. The first kappa shape index (κ1) is 18.0. The molecule has 1 saturated heterocycles. The van der Waals surface area contributed by atoms with Crippen LogP contribution in [0.3, 0.4) is 0 Å². The van der Waals surface area contributed by atoms with E-state index >= 15 is 0 Å². The number of hydrogen-bond donors (Lipinski definition) is 1. The molecule has 2 amide bonds. The molecular weight excluding hydrogens is 332 g/mol. The summed E-state index contributed by atoms with van der Waals surface area (Å²) in [4.78, 5) is 27.0. The largest absolute Gasteiger partial charge is 0.497 e. The smallest absolute Gasteiger partial charge is 0.289 e. The number of carbonyl (C=O) groups excluding carboxylic acids is 2. The normalized spacial score (nSPS) is 19.4. The number of nitrogens with one attached hydrogen (secondary N) is 1. The summed E-state index contributed by atoms with van der Waals surface area (Å²) in [5.41, 5.74) is 1.03. The molecule has 1 aliphatic rings. The van der Waals surface area contributed by atoms with Crippen LogP contribution >= 0.6 is 0 Å². The minimum Gasteiger partial charge on any atom is -0.497 e. The molecular formula is C20H24N2O4. The maximum atomic E-state index is 12.7. The summed E-state index contributed by atoms with van der Waals surface area (Å²) in [7, 11) is 1.62. The molecule has 2 atom stereocenters. The zero-order valence-electron chi connectivity index (χ0n) is 15.1. The fourth-order valence-electron chi connectivity index (χ4n) is 3.36. The topological polar surface area (TPSA) is 71.8 Å². The van der Waals surface area contributed by atoms with E-state index in [1.165, 1.54) is 6.26 Å². The van der Waals surface area contributed by atoms with Gasteiger partial charge in [0.25, 0.3) is 5.91 Å². The number of carbonyl (C=O) groups is 2. The van der Waals surface area contributed by atoms with Crippen molar-refractivity contribution in [2.75, 3.05) is 26.7 Å². The van der Waals surface area contributed by atoms with Gasteiger partial charge in [-0.3, -0.25) is 9.59 Å². The molecule has 2 aromatic rings. The lowest BCUT2D eigenvalue weighted by Crippen LogP contribution is -2.35. The van der Waals surface area contributed by atoms with Crippen molar-refractivity contribution in [2.24, 2.45) is 5.92 Å². The number of benzene rings is 1. The van der Waals surface area contributed by atoms with Crippen LogP contribution in [-0.4, -0.2) is 43.5 Å². The van der Waals surface area contributed by atoms with Crippen LogP contribution in [0.5, 0.6) is 5.75 Å². The van der Waals surface area contributed by atoms with E-state index in [4.69, 9.17) is 9.15 Å². The Morgan fingerprint density at radius 1 is 1.23 bits per heavy atom. The quantitative estimate of drug-likeness (QED) is 0.864. The lowest BCUT2D eigenvalue weighted by Gasteiger charge is -2.18. The Labute approximate surface area is 153 Å². The van der Waals surface area contributed by atoms with Gasteiger partial charge in [0.15, 0.2) is 5.76 Å². The van der Waals surface area contributed by atoms with Crippen LogP contribution in [0.4, 0.5) is 0 Å². The third kappa shape index (κ3) is 3.74. The molecule has 0 saturated carbocycles. The van der Waals surface area contributed by atoms with Gasteiger partial charge in [-0.05, 0) is 36.2 Å². The number of furan rings is 1. The second kappa shape index (κ2) is 8.08. The highest BCUT2D eigenvalue weighted by Gasteiger charge is 2.41. The van der Waals surface area contributed by atoms with Gasteiger partial charge in [-0.2, -0.15) is 0 Å². The van der Waals surface area contributed by atoms with Gasteiger partial charge in [-0.15, -0.1) is 0 Å². The van der Waals surface area contributed by atoms with Gasteiger partial charge in [-0.1, -0.05) is 19.1 Å². The first-order valence-electron chi connectivity index (χ1n) is 8.88. The average molecular weight is 356 g/mol. The Kier molecular flexibility index (Phi) is 5.61. The van der Waals surface area contributed by atoms with E-state index in [2.05, 4.69) is 5.32 Å². The predicted octanol–water partition coefficient (Wildman–Crippen LogP) is 2.67. The van der Waals surface area contributed by atoms with Crippen LogP contribution in [0, 0.1) is 5.92 Å². The standard InChI is InChI=1S/C20H24N2O4/c1-3-10-21-19(23)17-13-22(20(24)18-5-4-11-26-18)12-16(17)14-6-8-15(25-2)9-7-14/h4-9,11,16-17H,3,10,12-13H2,1-2H3,(H,21,23). The fraction of sp³-hybridized carbons (Fsp3) is 0.400. The van der Waals surface area contributed by atoms with Gasteiger partial charge in [0.1, 0.15) is 5.75 Å². The summed E-state index contributed by atoms with van der Waals surface area (Å²) >= 11 is 0. The SMILES string of the molecule is CCCNC(=O)C1CN(C(=O)c2ccco2)CC1c1ccc(OC)cc1. The molecule has 3 rings (SSSR count). The van der Waals surface area contributed by atoms with Crippen molar-refractivity contribution in [3.63, 3.8) is 0 Å². The summed E-state index contributed by atoms with van der Waals surface area (Å²) in [5, 5.41) is 2.97. The fourth-order valence-corrected chi connectivity index (χ4v) is 3.36. The van der Waals surface area contributed by atoms with Crippen molar-refractivity contribution in [3.8, 4) is 5.75 Å². The predicted molar refractivity (Wildman–Crippen MR) is 97.1 cm³/mol. The van der Waals surface area contributed by atoms with Crippen LogP contribution in [0.25, 0.3) is 0 Å². The van der Waals surface area contributed by atoms with Crippen molar-refractivity contribution < 1.29 is 18.7 Å². The van der Waals surface area contributed by atoms with E-state index in [-0.39, 0.29) is 23.7 Å². The van der Waals surface area contributed by atoms with Crippen LogP contribution in [0.1, 0.15) is 35.4 Å². The minimum atomic E-state index is -0.283. The van der Waals surface area contributed by atoms with Crippen LogP contribution in [0.2, 0.25) is 0 Å². The number of hydrogen-bond acceptors (Lipinski definition) is 4. The zero-order valence-corrected chi connectivity index (χ0v) is 15.1. The molecule has 2 heterocycles. The summed E-state index contributed by atoms with van der Waals surface area (Å²) in [5.74, 6) is 0.530. The van der Waals surface area contributed by atoms with Crippen molar-refractivity contribution in [1.82, 2.24) is 10.2 Å². The molecule has 0 spiro atoms. The Bertz CT molecular complexity index is 740. The molecule has 6 nitrogen and oxygen atoms in total. The molecule has 1 N–H and O–H groups in total. The van der Waals surface area contributed by atoms with Crippen LogP contribution in [-0.2, 0) is 4.79 Å². The summed E-state index contributed by atoms with van der Waals surface area (Å²) in [6.07, 6.45) is 2.36. The second-order valence-corrected chi connectivity index (χ2v) is 6.46. The van der Waals surface area contributed by atoms with Crippen molar-refractivity contribution in [1.29, 1.82) is 0 Å². The molecule has 1 aliphatic heterocycles. The lowest BCUT2D eigenvalue weighted by molar-refractivity contribution is -0.124. The average Bonchev–Trinajstić information content (AvgIpc) is 3.35. The van der Waals surface area contributed by atoms with Crippen molar-refractivity contribution in [2.45, 2.75) is 19.3 Å². The third-order valence-electron chi connectivity index (χ3n) is 4.77. The first-order valence-corrected chi connectivity index (χ1v) is 8.88. The van der Waals surface area contributed by atoms with E-state index in [9.17, 15) is 9.59 Å². The Morgan fingerprint density at radius 3 is 2.62 bits per heavy atom. The van der Waals surface area contributed by atoms with Crippen LogP contribution < -0.4 is 10.1 Å². The van der Waals surface area contributed by atoms with Gasteiger partial charge in [-0.25, -0.2) is 0 Å². The van der Waals surface area contributed by atoms with E-state index < -0.39 is 0 Å². The van der Waals surface area contributed by atoms with E-state index in [1.54, 1.807) is 24.1 Å². The maximum absolute atomic E-state index is 12.7. The van der Waals surface area contributed by atoms with E-state index in [1.807, 2.05) is 31.2 Å². The number of methoxy groups -OCH3 is 1. The molecule has 0 radical (unpaired) electrons. The first-order chi connectivity index (χ1) is 12.6. The van der Waals surface area contributed by atoms with Gasteiger partial charge < -0.3 is 19.4 Å². The third-order valence-corrected chi connectivity index (χ3v) is 4.77.